The van der Waals surface area contributed by atoms with Crippen molar-refractivity contribution in [3.8, 4) is 11.4 Å². The fraction of sp³-hybridized carbons (Fsp3) is 0.0769. The Morgan fingerprint density at radius 2 is 1.50 bits per heavy atom. The number of pyridine rings is 1. The first-order valence-electron chi connectivity index (χ1n) is 10.2. The van der Waals surface area contributed by atoms with Crippen LogP contribution in [0.4, 0.5) is 5.69 Å². The van der Waals surface area contributed by atoms with Crippen LogP contribution in [0.5, 0.6) is 0 Å². The third kappa shape index (κ3) is 2.61. The molecule has 144 valence electrons. The molecule has 4 heteroatoms. The molecule has 0 saturated carbocycles. The second kappa shape index (κ2) is 6.85. The number of hydrogen-bond donors (Lipinski definition) is 0. The number of hydrogen-bond acceptors (Lipinski definition) is 3. The van der Waals surface area contributed by atoms with Crippen LogP contribution in [0.3, 0.4) is 0 Å². The normalized spacial score (nSPS) is 15.1. The number of anilines is 1. The van der Waals surface area contributed by atoms with Gasteiger partial charge in [0.1, 0.15) is 5.82 Å². The highest BCUT2D eigenvalue weighted by atomic mass is 15.3. The molecule has 0 amide bonds. The summed E-state index contributed by atoms with van der Waals surface area (Å²) in [7, 11) is 0. The molecule has 4 nitrogen and oxygen atoms in total. The zero-order valence-electron chi connectivity index (χ0n) is 16.4. The van der Waals surface area contributed by atoms with Gasteiger partial charge in [-0.3, -0.25) is 9.55 Å². The quantitative estimate of drug-likeness (QED) is 0.400. The fourth-order valence-corrected chi connectivity index (χ4v) is 4.44. The number of imidazole rings is 1. The Bertz CT molecular complexity index is 1330. The Morgan fingerprint density at radius 3 is 2.37 bits per heavy atom. The highest BCUT2D eigenvalue weighted by Gasteiger charge is 2.34. The zero-order chi connectivity index (χ0) is 19.9. The molecule has 0 radical (unpaired) electrons. The molecule has 0 N–H and O–H groups in total. The number of benzene rings is 3. The molecule has 6 rings (SSSR count). The predicted molar refractivity (Wildman–Crippen MR) is 120 cm³/mol. The Balaban J connectivity index is 1.65. The largest absolute Gasteiger partial charge is 0.341 e. The number of para-hydroxylation sites is 3. The van der Waals surface area contributed by atoms with Crippen LogP contribution in [-0.4, -0.2) is 14.5 Å². The Hall–Kier alpha value is -3.92. The van der Waals surface area contributed by atoms with Crippen LogP contribution in [0.2, 0.25) is 0 Å². The van der Waals surface area contributed by atoms with Crippen LogP contribution in [-0.2, 0) is 6.54 Å². The van der Waals surface area contributed by atoms with Gasteiger partial charge < -0.3 is 4.90 Å². The van der Waals surface area contributed by atoms with Crippen molar-refractivity contribution in [3.05, 3.63) is 115 Å². The summed E-state index contributed by atoms with van der Waals surface area (Å²) in [5.74, 6) is 0.992. The van der Waals surface area contributed by atoms with Gasteiger partial charge in [-0.2, -0.15) is 0 Å². The standard InChI is InChI=1S/C26H20N4/c1-2-10-19(11-3-1)18-29-23-15-6-4-12-20(23)25-28-21-13-5-7-16-24(21)30(25)26(29)22-14-8-9-17-27-22/h1-17,26H,18H2/t26-/m0/s1. The maximum absolute atomic E-state index is 5.02. The lowest BCUT2D eigenvalue weighted by Crippen LogP contribution is -2.37. The van der Waals surface area contributed by atoms with Gasteiger partial charge >= 0.3 is 0 Å². The van der Waals surface area contributed by atoms with E-state index in [1.54, 1.807) is 0 Å². The van der Waals surface area contributed by atoms with Gasteiger partial charge in [0.25, 0.3) is 0 Å². The van der Waals surface area contributed by atoms with Gasteiger partial charge in [0, 0.05) is 24.0 Å². The van der Waals surface area contributed by atoms with E-state index in [9.17, 15) is 0 Å². The summed E-state index contributed by atoms with van der Waals surface area (Å²) in [6, 6.07) is 33.6. The first-order valence-corrected chi connectivity index (χ1v) is 10.2. The summed E-state index contributed by atoms with van der Waals surface area (Å²) in [6.45, 7) is 0.783. The van der Waals surface area contributed by atoms with Crippen molar-refractivity contribution in [1.29, 1.82) is 0 Å². The molecule has 0 saturated heterocycles. The van der Waals surface area contributed by atoms with Crippen molar-refractivity contribution in [2.45, 2.75) is 12.7 Å². The molecule has 2 aromatic heterocycles. The van der Waals surface area contributed by atoms with Crippen molar-refractivity contribution in [2.75, 3.05) is 4.90 Å². The number of aromatic nitrogens is 3. The average molecular weight is 388 g/mol. The number of nitrogens with zero attached hydrogens (tertiary/aromatic N) is 4. The van der Waals surface area contributed by atoms with E-state index in [-0.39, 0.29) is 6.17 Å². The van der Waals surface area contributed by atoms with Gasteiger partial charge in [-0.25, -0.2) is 4.98 Å². The molecule has 0 fully saturated rings. The highest BCUT2D eigenvalue weighted by Crippen LogP contribution is 2.44. The van der Waals surface area contributed by atoms with Crippen LogP contribution in [0.15, 0.2) is 103 Å². The minimum absolute atomic E-state index is 0.0799. The Morgan fingerprint density at radius 1 is 0.733 bits per heavy atom. The van der Waals surface area contributed by atoms with Gasteiger partial charge in [0.05, 0.1) is 16.7 Å². The molecule has 1 aliphatic heterocycles. The summed E-state index contributed by atoms with van der Waals surface area (Å²) in [5, 5.41) is 0. The van der Waals surface area contributed by atoms with Gasteiger partial charge in [-0.1, -0.05) is 60.7 Å². The average Bonchev–Trinajstić information content (AvgIpc) is 3.20. The maximum atomic E-state index is 5.02. The van der Waals surface area contributed by atoms with Crippen molar-refractivity contribution >= 4 is 16.7 Å². The van der Waals surface area contributed by atoms with Crippen LogP contribution >= 0.6 is 0 Å². The van der Waals surface area contributed by atoms with Gasteiger partial charge in [0.2, 0.25) is 0 Å². The topological polar surface area (TPSA) is 34.0 Å². The SMILES string of the molecule is c1ccc(CN2c3ccccc3-c3nc4ccccc4n3[C@H]2c2ccccn2)cc1. The lowest BCUT2D eigenvalue weighted by Gasteiger charge is -2.40. The summed E-state index contributed by atoms with van der Waals surface area (Å²) < 4.78 is 2.34. The first-order chi connectivity index (χ1) is 14.9. The fourth-order valence-electron chi connectivity index (χ4n) is 4.44. The lowest BCUT2D eigenvalue weighted by atomic mass is 10.0. The molecule has 30 heavy (non-hydrogen) atoms. The van der Waals surface area contributed by atoms with Crippen molar-refractivity contribution in [1.82, 2.24) is 14.5 Å². The third-order valence-corrected chi connectivity index (χ3v) is 5.74. The van der Waals surface area contributed by atoms with E-state index in [1.807, 2.05) is 18.3 Å². The van der Waals surface area contributed by atoms with Gasteiger partial charge in [0.15, 0.2) is 6.17 Å². The van der Waals surface area contributed by atoms with Crippen LogP contribution in [0.1, 0.15) is 17.4 Å². The Kier molecular flexibility index (Phi) is 3.88. The molecule has 0 unspecified atom stereocenters. The molecule has 1 atom stereocenters. The summed E-state index contributed by atoms with van der Waals surface area (Å²) in [6.07, 6.45) is 1.79. The minimum atomic E-state index is -0.0799. The number of fused-ring (bicyclic) bond motifs is 5. The van der Waals surface area contributed by atoms with E-state index in [1.165, 1.54) is 11.3 Å². The van der Waals surface area contributed by atoms with E-state index in [0.29, 0.717) is 0 Å². The first kappa shape index (κ1) is 17.0. The van der Waals surface area contributed by atoms with Gasteiger partial charge in [-0.15, -0.1) is 0 Å². The van der Waals surface area contributed by atoms with E-state index in [4.69, 9.17) is 9.97 Å². The molecular formula is C26H20N4. The van der Waals surface area contributed by atoms with Crippen molar-refractivity contribution in [2.24, 2.45) is 0 Å². The molecule has 0 aliphatic carbocycles. The lowest BCUT2D eigenvalue weighted by molar-refractivity contribution is 0.530. The monoisotopic (exact) mass is 388 g/mol. The summed E-state index contributed by atoms with van der Waals surface area (Å²) >= 11 is 0. The van der Waals surface area contributed by atoms with Crippen molar-refractivity contribution in [3.63, 3.8) is 0 Å². The van der Waals surface area contributed by atoms with E-state index >= 15 is 0 Å². The maximum Gasteiger partial charge on any atom is 0.151 e. The second-order valence-corrected chi connectivity index (χ2v) is 7.55. The molecule has 0 spiro atoms. The minimum Gasteiger partial charge on any atom is -0.341 e. The number of rotatable bonds is 3. The van der Waals surface area contributed by atoms with Crippen LogP contribution in [0, 0.1) is 0 Å². The van der Waals surface area contributed by atoms with E-state index in [0.717, 1.165) is 34.7 Å². The molecule has 1 aliphatic rings. The predicted octanol–water partition coefficient (Wildman–Crippen LogP) is 5.67. The van der Waals surface area contributed by atoms with Crippen LogP contribution < -0.4 is 4.90 Å². The van der Waals surface area contributed by atoms with Crippen molar-refractivity contribution < 1.29 is 0 Å². The smallest absolute Gasteiger partial charge is 0.151 e. The van der Waals surface area contributed by atoms with E-state index in [2.05, 4.69) is 94.4 Å². The molecular weight excluding hydrogens is 368 g/mol. The highest BCUT2D eigenvalue weighted by molar-refractivity contribution is 5.87. The molecule has 3 aromatic carbocycles. The van der Waals surface area contributed by atoms with Crippen LogP contribution in [0.25, 0.3) is 22.4 Å². The molecule has 3 heterocycles. The molecule has 5 aromatic rings. The Labute approximate surface area is 175 Å². The zero-order valence-corrected chi connectivity index (χ0v) is 16.4. The summed E-state index contributed by atoms with van der Waals surface area (Å²) in [5.41, 5.74) is 6.73. The van der Waals surface area contributed by atoms with Gasteiger partial charge in [-0.05, 0) is 42.0 Å². The molecule has 0 bridgehead atoms. The third-order valence-electron chi connectivity index (χ3n) is 5.74. The summed E-state index contributed by atoms with van der Waals surface area (Å²) in [4.78, 5) is 12.2. The van der Waals surface area contributed by atoms with E-state index < -0.39 is 0 Å². The second-order valence-electron chi connectivity index (χ2n) is 7.55.